The van der Waals surface area contributed by atoms with Crippen molar-refractivity contribution in [3.63, 3.8) is 0 Å². The normalized spacial score (nSPS) is 14.4. The van der Waals surface area contributed by atoms with E-state index in [1.807, 2.05) is 0 Å². The fourth-order valence-electron chi connectivity index (χ4n) is 0.634. The fraction of sp³-hybridized carbons (Fsp3) is 0.750. The van der Waals surface area contributed by atoms with E-state index in [-0.39, 0.29) is 26.4 Å². The SMILES string of the molecule is O=C(O)C(Cl)COCCOCC(Cl)C(=O)O. The molecule has 2 N–H and O–H groups in total. The summed E-state index contributed by atoms with van der Waals surface area (Å²) in [6.07, 6.45) is 0. The zero-order valence-corrected chi connectivity index (χ0v) is 9.78. The van der Waals surface area contributed by atoms with Crippen molar-refractivity contribution < 1.29 is 29.3 Å². The predicted octanol–water partition coefficient (Wildman–Crippen LogP) is 0.404. The Morgan fingerprint density at radius 2 is 1.25 bits per heavy atom. The van der Waals surface area contributed by atoms with E-state index in [0.717, 1.165) is 0 Å². The number of ether oxygens (including phenoxy) is 2. The lowest BCUT2D eigenvalue weighted by atomic mass is 10.4. The molecule has 6 nitrogen and oxygen atoms in total. The van der Waals surface area contributed by atoms with Gasteiger partial charge in [-0.2, -0.15) is 0 Å². The first-order valence-electron chi connectivity index (χ1n) is 4.34. The Morgan fingerprint density at radius 3 is 1.50 bits per heavy atom. The third kappa shape index (κ3) is 7.70. The maximum atomic E-state index is 10.3. The molecule has 0 aliphatic carbocycles. The van der Waals surface area contributed by atoms with E-state index < -0.39 is 22.7 Å². The van der Waals surface area contributed by atoms with Crippen LogP contribution in [0.25, 0.3) is 0 Å². The fourth-order valence-corrected chi connectivity index (χ4v) is 0.812. The molecule has 2 atom stereocenters. The zero-order valence-electron chi connectivity index (χ0n) is 8.27. The van der Waals surface area contributed by atoms with Crippen LogP contribution in [0.1, 0.15) is 0 Å². The van der Waals surface area contributed by atoms with Gasteiger partial charge in [0.2, 0.25) is 0 Å². The second-order valence-electron chi connectivity index (χ2n) is 2.76. The Kier molecular flexibility index (Phi) is 8.28. The summed E-state index contributed by atoms with van der Waals surface area (Å²) in [5.74, 6) is -2.32. The lowest BCUT2D eigenvalue weighted by Crippen LogP contribution is -2.23. The summed E-state index contributed by atoms with van der Waals surface area (Å²) >= 11 is 10.7. The molecule has 0 aliphatic heterocycles. The lowest BCUT2D eigenvalue weighted by molar-refractivity contribution is -0.139. The molecule has 0 saturated heterocycles. The highest BCUT2D eigenvalue weighted by molar-refractivity contribution is 6.30. The Morgan fingerprint density at radius 1 is 0.938 bits per heavy atom. The van der Waals surface area contributed by atoms with Gasteiger partial charge in [-0.3, -0.25) is 9.59 Å². The van der Waals surface area contributed by atoms with Gasteiger partial charge in [0, 0.05) is 0 Å². The molecule has 0 radical (unpaired) electrons. The number of halogens is 2. The van der Waals surface area contributed by atoms with Crippen molar-refractivity contribution in [2.24, 2.45) is 0 Å². The minimum atomic E-state index is -1.16. The van der Waals surface area contributed by atoms with Crippen LogP contribution in [-0.4, -0.2) is 59.3 Å². The summed E-state index contributed by atoms with van der Waals surface area (Å²) in [5, 5.41) is 14.6. The van der Waals surface area contributed by atoms with Crippen molar-refractivity contribution in [2.75, 3.05) is 26.4 Å². The van der Waals surface area contributed by atoms with Gasteiger partial charge >= 0.3 is 11.9 Å². The minimum Gasteiger partial charge on any atom is -0.480 e. The Balaban J connectivity index is 3.34. The Bertz CT molecular complexity index is 211. The van der Waals surface area contributed by atoms with Crippen LogP contribution in [0, 0.1) is 0 Å². The zero-order chi connectivity index (χ0) is 12.6. The second-order valence-corrected chi connectivity index (χ2v) is 3.82. The van der Waals surface area contributed by atoms with Gasteiger partial charge in [0.1, 0.15) is 0 Å². The van der Waals surface area contributed by atoms with Crippen LogP contribution in [0.3, 0.4) is 0 Å². The van der Waals surface area contributed by atoms with Crippen LogP contribution >= 0.6 is 23.2 Å². The average molecular weight is 275 g/mol. The molecule has 0 spiro atoms. The number of rotatable bonds is 9. The second kappa shape index (κ2) is 8.58. The molecule has 0 aromatic rings. The van der Waals surface area contributed by atoms with Crippen molar-refractivity contribution in [3.8, 4) is 0 Å². The molecular weight excluding hydrogens is 263 g/mol. The standard InChI is InChI=1S/C8H12Cl2O6/c9-5(7(11)12)3-15-1-2-16-4-6(10)8(13)14/h5-6H,1-4H2,(H,11,12)(H,13,14). The van der Waals surface area contributed by atoms with Crippen molar-refractivity contribution in [1.82, 2.24) is 0 Å². The Labute approximate surface area is 102 Å². The highest BCUT2D eigenvalue weighted by Gasteiger charge is 2.14. The highest BCUT2D eigenvalue weighted by Crippen LogP contribution is 1.98. The molecule has 16 heavy (non-hydrogen) atoms. The first kappa shape index (κ1) is 15.4. The smallest absolute Gasteiger partial charge is 0.324 e. The topological polar surface area (TPSA) is 93.1 Å². The number of carbonyl (C=O) groups is 2. The summed E-state index contributed by atoms with van der Waals surface area (Å²) in [6.45, 7) is -0.0214. The van der Waals surface area contributed by atoms with E-state index in [1.54, 1.807) is 0 Å². The van der Waals surface area contributed by atoms with Crippen LogP contribution in [-0.2, 0) is 19.1 Å². The van der Waals surface area contributed by atoms with Crippen LogP contribution < -0.4 is 0 Å². The monoisotopic (exact) mass is 274 g/mol. The van der Waals surface area contributed by atoms with E-state index in [2.05, 4.69) is 0 Å². The van der Waals surface area contributed by atoms with Gasteiger partial charge in [-0.15, -0.1) is 23.2 Å². The molecule has 0 rings (SSSR count). The van der Waals surface area contributed by atoms with E-state index in [0.29, 0.717) is 0 Å². The van der Waals surface area contributed by atoms with Gasteiger partial charge in [0.15, 0.2) is 10.8 Å². The molecule has 0 saturated carbocycles. The van der Waals surface area contributed by atoms with Gasteiger partial charge in [-0.25, -0.2) is 0 Å². The van der Waals surface area contributed by atoms with Crippen LogP contribution in [0.2, 0.25) is 0 Å². The molecule has 0 amide bonds. The molecule has 2 unspecified atom stereocenters. The predicted molar refractivity (Wildman–Crippen MR) is 56.2 cm³/mol. The first-order valence-corrected chi connectivity index (χ1v) is 5.21. The van der Waals surface area contributed by atoms with Crippen LogP contribution in [0.4, 0.5) is 0 Å². The van der Waals surface area contributed by atoms with Gasteiger partial charge in [0.25, 0.3) is 0 Å². The summed E-state index contributed by atoms with van der Waals surface area (Å²) in [6, 6.07) is 0. The Hall–Kier alpha value is -0.560. The molecule has 0 aromatic heterocycles. The summed E-state index contributed by atoms with van der Waals surface area (Å²) in [7, 11) is 0. The molecular formula is C8H12Cl2O6. The van der Waals surface area contributed by atoms with E-state index in [4.69, 9.17) is 42.9 Å². The van der Waals surface area contributed by atoms with Crippen molar-refractivity contribution in [2.45, 2.75) is 10.8 Å². The average Bonchev–Trinajstić information content (AvgIpc) is 2.21. The number of hydrogen-bond acceptors (Lipinski definition) is 4. The summed E-state index contributed by atoms with van der Waals surface area (Å²) < 4.78 is 9.74. The highest BCUT2D eigenvalue weighted by atomic mass is 35.5. The molecule has 0 heterocycles. The molecule has 0 aliphatic rings. The van der Waals surface area contributed by atoms with Gasteiger partial charge in [-0.1, -0.05) is 0 Å². The molecule has 8 heteroatoms. The third-order valence-electron chi connectivity index (χ3n) is 1.44. The lowest BCUT2D eigenvalue weighted by Gasteiger charge is -2.08. The number of hydrogen-bond donors (Lipinski definition) is 2. The largest absolute Gasteiger partial charge is 0.480 e. The summed E-state index contributed by atoms with van der Waals surface area (Å²) in [5.41, 5.74) is 0. The van der Waals surface area contributed by atoms with Gasteiger partial charge < -0.3 is 19.7 Å². The van der Waals surface area contributed by atoms with Gasteiger partial charge in [0.05, 0.1) is 26.4 Å². The third-order valence-corrected chi connectivity index (χ3v) is 2.06. The minimum absolute atomic E-state index is 0.125. The molecule has 0 bridgehead atoms. The van der Waals surface area contributed by atoms with Crippen LogP contribution in [0.5, 0.6) is 0 Å². The van der Waals surface area contributed by atoms with E-state index in [9.17, 15) is 9.59 Å². The van der Waals surface area contributed by atoms with Crippen molar-refractivity contribution >= 4 is 35.1 Å². The summed E-state index contributed by atoms with van der Waals surface area (Å²) in [4.78, 5) is 20.5. The maximum absolute atomic E-state index is 10.3. The quantitative estimate of drug-likeness (QED) is 0.467. The van der Waals surface area contributed by atoms with E-state index in [1.165, 1.54) is 0 Å². The molecule has 0 fully saturated rings. The van der Waals surface area contributed by atoms with Gasteiger partial charge in [-0.05, 0) is 0 Å². The number of alkyl halides is 2. The van der Waals surface area contributed by atoms with Crippen molar-refractivity contribution in [1.29, 1.82) is 0 Å². The molecule has 94 valence electrons. The number of aliphatic carboxylic acids is 2. The van der Waals surface area contributed by atoms with Crippen LogP contribution in [0.15, 0.2) is 0 Å². The van der Waals surface area contributed by atoms with E-state index >= 15 is 0 Å². The number of carboxylic acid groups (broad SMARTS) is 2. The van der Waals surface area contributed by atoms with Crippen molar-refractivity contribution in [3.05, 3.63) is 0 Å². The maximum Gasteiger partial charge on any atom is 0.324 e. The molecule has 0 aromatic carbocycles. The number of carboxylic acids is 2. The first-order chi connectivity index (χ1) is 7.45.